The van der Waals surface area contributed by atoms with Crippen molar-refractivity contribution in [2.45, 2.75) is 6.61 Å². The Balaban J connectivity index is 2.09. The van der Waals surface area contributed by atoms with E-state index in [1.54, 1.807) is 12.1 Å². The van der Waals surface area contributed by atoms with Gasteiger partial charge in [-0.05, 0) is 18.2 Å². The third kappa shape index (κ3) is 2.90. The van der Waals surface area contributed by atoms with Crippen molar-refractivity contribution in [2.75, 3.05) is 0 Å². The molecule has 0 saturated carbocycles. The molecule has 100 valence electrons. The summed E-state index contributed by atoms with van der Waals surface area (Å²) < 4.78 is 19.1. The number of nitro groups is 1. The molecule has 0 atom stereocenters. The van der Waals surface area contributed by atoms with Crippen LogP contribution in [0.4, 0.5) is 10.1 Å². The zero-order valence-corrected chi connectivity index (χ0v) is 10.2. The van der Waals surface area contributed by atoms with Crippen LogP contribution in [-0.4, -0.2) is 4.92 Å². The maximum absolute atomic E-state index is 13.8. The summed E-state index contributed by atoms with van der Waals surface area (Å²) in [7, 11) is 0. The van der Waals surface area contributed by atoms with Gasteiger partial charge in [0.1, 0.15) is 24.2 Å². The molecule has 20 heavy (non-hydrogen) atoms. The van der Waals surface area contributed by atoms with E-state index < -0.39 is 10.7 Å². The lowest BCUT2D eigenvalue weighted by atomic mass is 10.1. The summed E-state index contributed by atoms with van der Waals surface area (Å²) in [6.45, 7) is -0.0564. The minimum atomic E-state index is -0.614. The number of hydrogen-bond donors (Lipinski definition) is 0. The summed E-state index contributed by atoms with van der Waals surface area (Å²) in [5.74, 6) is -0.228. The van der Waals surface area contributed by atoms with E-state index in [0.29, 0.717) is 5.75 Å². The number of hydrogen-bond acceptors (Lipinski definition) is 4. The maximum Gasteiger partial charge on any atom is 0.269 e. The summed E-state index contributed by atoms with van der Waals surface area (Å²) in [6, 6.07) is 11.7. The number of nitro benzene ring substituents is 1. The molecule has 0 heterocycles. The molecule has 5 nitrogen and oxygen atoms in total. The van der Waals surface area contributed by atoms with E-state index in [2.05, 4.69) is 0 Å². The van der Waals surface area contributed by atoms with Crippen LogP contribution >= 0.6 is 0 Å². The topological polar surface area (TPSA) is 76.2 Å². The minimum absolute atomic E-state index is 0.0463. The fraction of sp³-hybridized carbons (Fsp3) is 0.0714. The van der Waals surface area contributed by atoms with Gasteiger partial charge in [0, 0.05) is 17.7 Å². The highest BCUT2D eigenvalue weighted by Crippen LogP contribution is 2.19. The number of non-ortho nitro benzene ring substituents is 1. The Bertz CT molecular complexity index is 678. The Morgan fingerprint density at radius 3 is 2.55 bits per heavy atom. The Hall–Kier alpha value is -2.94. The van der Waals surface area contributed by atoms with E-state index in [-0.39, 0.29) is 23.4 Å². The highest BCUT2D eigenvalue weighted by atomic mass is 19.1. The van der Waals surface area contributed by atoms with Crippen molar-refractivity contribution >= 4 is 5.69 Å². The lowest BCUT2D eigenvalue weighted by molar-refractivity contribution is -0.384. The van der Waals surface area contributed by atoms with Crippen LogP contribution in [0, 0.1) is 27.3 Å². The van der Waals surface area contributed by atoms with Crippen LogP contribution in [0.1, 0.15) is 11.1 Å². The number of ether oxygens (including phenoxy) is 1. The van der Waals surface area contributed by atoms with Gasteiger partial charge >= 0.3 is 0 Å². The van der Waals surface area contributed by atoms with Crippen LogP contribution < -0.4 is 4.74 Å². The molecule has 0 aliphatic rings. The molecule has 0 aliphatic carbocycles. The summed E-state index contributed by atoms with van der Waals surface area (Å²) in [5.41, 5.74) is 0.159. The zero-order valence-electron chi connectivity index (χ0n) is 10.2. The second kappa shape index (κ2) is 5.80. The third-order valence-electron chi connectivity index (χ3n) is 2.64. The van der Waals surface area contributed by atoms with Gasteiger partial charge in [-0.3, -0.25) is 10.1 Å². The van der Waals surface area contributed by atoms with Crippen molar-refractivity contribution in [3.8, 4) is 11.8 Å². The first-order valence-corrected chi connectivity index (χ1v) is 5.66. The fourth-order valence-corrected chi connectivity index (χ4v) is 1.60. The first-order valence-electron chi connectivity index (χ1n) is 5.66. The van der Waals surface area contributed by atoms with Gasteiger partial charge in [0.2, 0.25) is 0 Å². The van der Waals surface area contributed by atoms with Gasteiger partial charge in [0.05, 0.1) is 10.5 Å². The van der Waals surface area contributed by atoms with Crippen molar-refractivity contribution in [2.24, 2.45) is 0 Å². The van der Waals surface area contributed by atoms with E-state index in [0.717, 1.165) is 0 Å². The van der Waals surface area contributed by atoms with E-state index >= 15 is 0 Å². The molecule has 0 N–H and O–H groups in total. The molecule has 0 spiro atoms. The molecule has 0 bridgehead atoms. The van der Waals surface area contributed by atoms with Gasteiger partial charge in [-0.15, -0.1) is 0 Å². The van der Waals surface area contributed by atoms with Crippen molar-refractivity contribution in [3.63, 3.8) is 0 Å². The van der Waals surface area contributed by atoms with Gasteiger partial charge in [0.25, 0.3) is 5.69 Å². The Morgan fingerprint density at radius 1 is 1.25 bits per heavy atom. The molecule has 0 unspecified atom stereocenters. The molecular weight excluding hydrogens is 263 g/mol. The van der Waals surface area contributed by atoms with Crippen LogP contribution in [-0.2, 0) is 6.61 Å². The molecule has 0 fully saturated rings. The standard InChI is InChI=1S/C14H9FN2O3/c15-14-10(8-16)2-1-3-11(14)9-20-13-6-4-12(5-7-13)17(18)19/h1-7H,9H2. The minimum Gasteiger partial charge on any atom is -0.489 e. The van der Waals surface area contributed by atoms with E-state index in [1.165, 1.54) is 36.4 Å². The molecule has 2 aromatic rings. The molecule has 2 aromatic carbocycles. The lowest BCUT2D eigenvalue weighted by Gasteiger charge is -2.07. The van der Waals surface area contributed by atoms with Crippen LogP contribution in [0.15, 0.2) is 42.5 Å². The van der Waals surface area contributed by atoms with E-state index in [4.69, 9.17) is 10.00 Å². The second-order valence-corrected chi connectivity index (χ2v) is 3.93. The SMILES string of the molecule is N#Cc1cccc(COc2ccc([N+](=O)[O-])cc2)c1F. The quantitative estimate of drug-likeness (QED) is 0.632. The monoisotopic (exact) mass is 272 g/mol. The predicted molar refractivity (Wildman–Crippen MR) is 68.5 cm³/mol. The van der Waals surface area contributed by atoms with E-state index in [9.17, 15) is 14.5 Å². The predicted octanol–water partition coefficient (Wildman–Crippen LogP) is 3.18. The molecule has 0 aromatic heterocycles. The van der Waals surface area contributed by atoms with Gasteiger partial charge in [-0.25, -0.2) is 4.39 Å². The molecule has 0 amide bonds. The highest BCUT2D eigenvalue weighted by molar-refractivity contribution is 5.37. The average Bonchev–Trinajstić information content (AvgIpc) is 2.46. The molecular formula is C14H9FN2O3. The van der Waals surface area contributed by atoms with E-state index in [1.807, 2.05) is 0 Å². The molecule has 2 rings (SSSR count). The van der Waals surface area contributed by atoms with Crippen LogP contribution in [0.5, 0.6) is 5.75 Å². The highest BCUT2D eigenvalue weighted by Gasteiger charge is 2.09. The van der Waals surface area contributed by atoms with Crippen molar-refractivity contribution in [1.29, 1.82) is 5.26 Å². The van der Waals surface area contributed by atoms with Crippen molar-refractivity contribution < 1.29 is 14.1 Å². The molecule has 0 saturated heterocycles. The van der Waals surface area contributed by atoms with Crippen LogP contribution in [0.3, 0.4) is 0 Å². The second-order valence-electron chi connectivity index (χ2n) is 3.93. The van der Waals surface area contributed by atoms with Gasteiger partial charge in [-0.1, -0.05) is 12.1 Å². The first kappa shape index (κ1) is 13.5. The van der Waals surface area contributed by atoms with Gasteiger partial charge in [0.15, 0.2) is 0 Å². The van der Waals surface area contributed by atoms with Crippen molar-refractivity contribution in [1.82, 2.24) is 0 Å². The van der Waals surface area contributed by atoms with Gasteiger partial charge in [-0.2, -0.15) is 5.26 Å². The number of benzene rings is 2. The molecule has 0 aliphatic heterocycles. The number of nitriles is 1. The largest absolute Gasteiger partial charge is 0.489 e. The third-order valence-corrected chi connectivity index (χ3v) is 2.64. The summed E-state index contributed by atoms with van der Waals surface area (Å²) in [6.07, 6.45) is 0. The Kier molecular flexibility index (Phi) is 3.91. The summed E-state index contributed by atoms with van der Waals surface area (Å²) in [5, 5.41) is 19.2. The van der Waals surface area contributed by atoms with Gasteiger partial charge < -0.3 is 4.74 Å². The summed E-state index contributed by atoms with van der Waals surface area (Å²) >= 11 is 0. The van der Waals surface area contributed by atoms with Crippen molar-refractivity contribution in [3.05, 3.63) is 69.5 Å². The fourth-order valence-electron chi connectivity index (χ4n) is 1.60. The number of rotatable bonds is 4. The number of halogens is 1. The van der Waals surface area contributed by atoms with Crippen LogP contribution in [0.25, 0.3) is 0 Å². The Morgan fingerprint density at radius 2 is 1.95 bits per heavy atom. The maximum atomic E-state index is 13.8. The van der Waals surface area contributed by atoms with Crippen LogP contribution in [0.2, 0.25) is 0 Å². The zero-order chi connectivity index (χ0) is 14.5. The smallest absolute Gasteiger partial charge is 0.269 e. The molecule has 6 heteroatoms. The Labute approximate surface area is 114 Å². The lowest BCUT2D eigenvalue weighted by Crippen LogP contribution is -2.00. The average molecular weight is 272 g/mol. The first-order chi connectivity index (χ1) is 9.61. The normalized spacial score (nSPS) is 9.80. The molecule has 0 radical (unpaired) electrons. The number of nitrogens with zero attached hydrogens (tertiary/aromatic N) is 2. The summed E-state index contributed by atoms with van der Waals surface area (Å²) in [4.78, 5) is 9.98.